The second-order valence-electron chi connectivity index (χ2n) is 8.21. The summed E-state index contributed by atoms with van der Waals surface area (Å²) in [6.45, 7) is 0.995. The Balaban J connectivity index is 1.79. The third-order valence-electron chi connectivity index (χ3n) is 6.26. The van der Waals surface area contributed by atoms with Crippen LogP contribution >= 0.6 is 34.8 Å². The second kappa shape index (κ2) is 8.56. The number of hydrogen-bond donors (Lipinski definition) is 1. The van der Waals surface area contributed by atoms with Crippen molar-refractivity contribution in [3.05, 3.63) is 80.8 Å². The molecule has 1 saturated heterocycles. The molecule has 2 aliphatic rings. The molecule has 3 aromatic rings. The number of amides is 3. The fourth-order valence-electron chi connectivity index (χ4n) is 4.59. The molecule has 3 aromatic carbocycles. The normalized spacial score (nSPS) is 17.9. The van der Waals surface area contributed by atoms with Crippen LogP contribution in [0.5, 0.6) is 0 Å². The first-order chi connectivity index (χ1) is 15.9. The Kier molecular flexibility index (Phi) is 5.73. The summed E-state index contributed by atoms with van der Waals surface area (Å²) in [5.41, 5.74) is 4.45. The molecular weight excluding hydrogens is 481 g/mol. The predicted molar refractivity (Wildman–Crippen MR) is 133 cm³/mol. The molecule has 0 aromatic heterocycles. The van der Waals surface area contributed by atoms with E-state index in [1.165, 1.54) is 4.90 Å². The molecule has 1 atom stereocenters. The highest BCUT2D eigenvalue weighted by molar-refractivity contribution is 6.40. The molecule has 2 heterocycles. The number of urea groups is 1. The highest BCUT2D eigenvalue weighted by atomic mass is 35.5. The minimum atomic E-state index is -0.338. The monoisotopic (exact) mass is 499 g/mol. The van der Waals surface area contributed by atoms with E-state index in [0.29, 0.717) is 46.0 Å². The zero-order valence-corrected chi connectivity index (χ0v) is 20.0. The molecule has 0 spiro atoms. The van der Waals surface area contributed by atoms with Crippen molar-refractivity contribution in [2.45, 2.75) is 18.9 Å². The van der Waals surface area contributed by atoms with E-state index >= 15 is 0 Å². The summed E-state index contributed by atoms with van der Waals surface area (Å²) >= 11 is 19.6. The lowest BCUT2D eigenvalue weighted by molar-refractivity contribution is -0.127. The number of nitrogens with one attached hydrogen (secondary N) is 1. The number of carbonyl (C=O) groups excluding carboxylic acids is 2. The highest BCUT2D eigenvalue weighted by Gasteiger charge is 2.35. The minimum absolute atomic E-state index is 0.0580. The van der Waals surface area contributed by atoms with Crippen LogP contribution in [0.3, 0.4) is 0 Å². The van der Waals surface area contributed by atoms with Crippen LogP contribution in [-0.2, 0) is 11.3 Å². The maximum atomic E-state index is 13.1. The van der Waals surface area contributed by atoms with Crippen molar-refractivity contribution in [3.63, 3.8) is 0 Å². The zero-order valence-electron chi connectivity index (χ0n) is 17.7. The molecule has 0 aliphatic carbocycles. The van der Waals surface area contributed by atoms with Gasteiger partial charge in [-0.2, -0.15) is 0 Å². The van der Waals surface area contributed by atoms with Gasteiger partial charge >= 0.3 is 6.03 Å². The van der Waals surface area contributed by atoms with Gasteiger partial charge in [-0.25, -0.2) is 4.79 Å². The van der Waals surface area contributed by atoms with Crippen LogP contribution in [0.4, 0.5) is 16.2 Å². The molecule has 168 valence electrons. The van der Waals surface area contributed by atoms with E-state index in [9.17, 15) is 9.59 Å². The number of carbonyl (C=O) groups is 2. The number of anilines is 2. The molecule has 0 bridgehead atoms. The second-order valence-corrected chi connectivity index (χ2v) is 9.43. The standard InChI is InChI=1S/C25H20Cl3N3O2/c1-30-10-9-15(24(30)32)14-11-17(16-5-2-3-6-19(16)26)18-13-29-25(33)31(22(18)12-14)23-20(27)7-4-8-21(23)28/h2-8,11-12,15H,9-10,13H2,1H3,(H,29,33)/t15-/m0/s1. The van der Waals surface area contributed by atoms with E-state index in [1.807, 2.05) is 36.4 Å². The Labute approximate surface area is 206 Å². The minimum Gasteiger partial charge on any atom is -0.345 e. The van der Waals surface area contributed by atoms with Crippen LogP contribution in [0.2, 0.25) is 15.1 Å². The van der Waals surface area contributed by atoms with E-state index in [1.54, 1.807) is 30.1 Å². The Hall–Kier alpha value is -2.73. The summed E-state index contributed by atoms with van der Waals surface area (Å²) < 4.78 is 0. The summed E-state index contributed by atoms with van der Waals surface area (Å²) in [6, 6.07) is 16.3. The zero-order chi connectivity index (χ0) is 23.3. The Bertz CT molecular complexity index is 1270. The lowest BCUT2D eigenvalue weighted by Crippen LogP contribution is -2.42. The Morgan fingerprint density at radius 3 is 2.27 bits per heavy atom. The number of likely N-dealkylation sites (N-methyl/N-ethyl adjacent to an activating group) is 1. The molecule has 3 amide bonds. The molecule has 0 radical (unpaired) electrons. The summed E-state index contributed by atoms with van der Waals surface area (Å²) in [5.74, 6) is -0.238. The van der Waals surface area contributed by atoms with Crippen LogP contribution in [-0.4, -0.2) is 30.4 Å². The fraction of sp³-hybridized carbons (Fsp3) is 0.200. The van der Waals surface area contributed by atoms with E-state index in [2.05, 4.69) is 5.32 Å². The van der Waals surface area contributed by atoms with Gasteiger partial charge in [-0.05, 0) is 47.9 Å². The van der Waals surface area contributed by atoms with Crippen LogP contribution < -0.4 is 10.2 Å². The number of para-hydroxylation sites is 1. The number of benzene rings is 3. The lowest BCUT2D eigenvalue weighted by atomic mass is 9.88. The first-order valence-corrected chi connectivity index (χ1v) is 11.7. The third-order valence-corrected chi connectivity index (χ3v) is 7.20. The summed E-state index contributed by atoms with van der Waals surface area (Å²) in [4.78, 5) is 29.2. The molecule has 1 N–H and O–H groups in total. The maximum absolute atomic E-state index is 13.1. The number of nitrogens with zero attached hydrogens (tertiary/aromatic N) is 2. The van der Waals surface area contributed by atoms with Gasteiger partial charge in [0, 0.05) is 36.3 Å². The first kappa shape index (κ1) is 22.1. The smallest absolute Gasteiger partial charge is 0.326 e. The van der Waals surface area contributed by atoms with Gasteiger partial charge in [-0.1, -0.05) is 59.1 Å². The summed E-state index contributed by atoms with van der Waals surface area (Å²) in [6.07, 6.45) is 0.703. The maximum Gasteiger partial charge on any atom is 0.326 e. The molecule has 8 heteroatoms. The fourth-order valence-corrected chi connectivity index (χ4v) is 5.40. The number of hydrogen-bond acceptors (Lipinski definition) is 2. The predicted octanol–water partition coefficient (Wildman–Crippen LogP) is 6.62. The number of halogens is 3. The molecule has 0 saturated carbocycles. The molecule has 2 aliphatic heterocycles. The van der Waals surface area contributed by atoms with E-state index in [4.69, 9.17) is 34.8 Å². The molecule has 5 nitrogen and oxygen atoms in total. The quantitative estimate of drug-likeness (QED) is 0.439. The molecule has 33 heavy (non-hydrogen) atoms. The van der Waals surface area contributed by atoms with Gasteiger partial charge in [0.25, 0.3) is 0 Å². The average molecular weight is 501 g/mol. The van der Waals surface area contributed by atoms with Crippen molar-refractivity contribution in [3.8, 4) is 11.1 Å². The summed E-state index contributed by atoms with van der Waals surface area (Å²) in [5, 5.41) is 4.22. The number of rotatable bonds is 3. The van der Waals surface area contributed by atoms with Crippen LogP contribution in [0.25, 0.3) is 11.1 Å². The SMILES string of the molecule is CN1CC[C@@H](c2cc(-c3ccccc3Cl)c3c(c2)N(c2c(Cl)cccc2Cl)C(=O)NC3)C1=O. The van der Waals surface area contributed by atoms with Crippen molar-refractivity contribution >= 4 is 58.1 Å². The third kappa shape index (κ3) is 3.74. The van der Waals surface area contributed by atoms with Crippen LogP contribution in [0.1, 0.15) is 23.5 Å². The van der Waals surface area contributed by atoms with E-state index < -0.39 is 0 Å². The van der Waals surface area contributed by atoms with Gasteiger partial charge in [-0.15, -0.1) is 0 Å². The van der Waals surface area contributed by atoms with Gasteiger partial charge in [0.05, 0.1) is 27.3 Å². The van der Waals surface area contributed by atoms with Crippen molar-refractivity contribution < 1.29 is 9.59 Å². The van der Waals surface area contributed by atoms with Gasteiger partial charge in [0.15, 0.2) is 0 Å². The Morgan fingerprint density at radius 2 is 1.61 bits per heavy atom. The van der Waals surface area contributed by atoms with Crippen LogP contribution in [0.15, 0.2) is 54.6 Å². The van der Waals surface area contributed by atoms with Gasteiger partial charge in [0.2, 0.25) is 5.91 Å². The number of fused-ring (bicyclic) bond motifs is 1. The van der Waals surface area contributed by atoms with Crippen molar-refractivity contribution in [2.75, 3.05) is 18.5 Å². The van der Waals surface area contributed by atoms with E-state index in [-0.39, 0.29) is 17.9 Å². The molecule has 1 fully saturated rings. The summed E-state index contributed by atoms with van der Waals surface area (Å²) in [7, 11) is 1.80. The molecule has 5 rings (SSSR count). The van der Waals surface area contributed by atoms with E-state index in [0.717, 1.165) is 22.3 Å². The topological polar surface area (TPSA) is 52.6 Å². The molecule has 0 unspecified atom stereocenters. The largest absolute Gasteiger partial charge is 0.345 e. The molecular formula is C25H20Cl3N3O2. The van der Waals surface area contributed by atoms with Gasteiger partial charge in [0.1, 0.15) is 0 Å². The Morgan fingerprint density at radius 1 is 0.909 bits per heavy atom. The highest BCUT2D eigenvalue weighted by Crippen LogP contribution is 2.46. The average Bonchev–Trinajstić information content (AvgIpc) is 3.13. The van der Waals surface area contributed by atoms with Crippen LogP contribution in [0, 0.1) is 0 Å². The van der Waals surface area contributed by atoms with Gasteiger partial charge in [-0.3, -0.25) is 9.69 Å². The van der Waals surface area contributed by atoms with Crippen molar-refractivity contribution in [1.29, 1.82) is 0 Å². The van der Waals surface area contributed by atoms with Gasteiger partial charge < -0.3 is 10.2 Å². The van der Waals surface area contributed by atoms with Crippen molar-refractivity contribution in [1.82, 2.24) is 10.2 Å². The first-order valence-electron chi connectivity index (χ1n) is 10.6. The lowest BCUT2D eigenvalue weighted by Gasteiger charge is -2.33. The van der Waals surface area contributed by atoms with Crippen molar-refractivity contribution in [2.24, 2.45) is 0 Å². The number of likely N-dealkylation sites (tertiary alicyclic amines) is 1.